The lowest BCUT2D eigenvalue weighted by Crippen LogP contribution is -2.46. The van der Waals surface area contributed by atoms with Crippen LogP contribution in [0.25, 0.3) is 0 Å². The normalized spacial score (nSPS) is 17.3. The number of phenols is 1. The van der Waals surface area contributed by atoms with E-state index in [1.807, 2.05) is 0 Å². The highest BCUT2D eigenvalue weighted by Gasteiger charge is 2.33. The average Bonchev–Trinajstić information content (AvgIpc) is 2.55. The lowest BCUT2D eigenvalue weighted by atomic mass is 9.95. The fourth-order valence-electron chi connectivity index (χ4n) is 2.31. The van der Waals surface area contributed by atoms with E-state index < -0.39 is 18.0 Å². The van der Waals surface area contributed by atoms with Gasteiger partial charge in [-0.1, -0.05) is 6.07 Å². The summed E-state index contributed by atoms with van der Waals surface area (Å²) in [5.41, 5.74) is 1.04. The molecule has 0 saturated heterocycles. The number of allylic oxidation sites excluding steroid dienone is 1. The summed E-state index contributed by atoms with van der Waals surface area (Å²) in [5.74, 6) is -0.430. The van der Waals surface area contributed by atoms with Crippen molar-refractivity contribution in [3.05, 3.63) is 35.0 Å². The fraction of sp³-hybridized carbons (Fsp3) is 0.333. The van der Waals surface area contributed by atoms with E-state index in [9.17, 15) is 14.7 Å². The third kappa shape index (κ3) is 3.50. The number of benzene rings is 1. The molecule has 8 heteroatoms. The smallest absolute Gasteiger partial charge is 0.338 e. The van der Waals surface area contributed by atoms with Crippen LogP contribution in [0.5, 0.6) is 11.5 Å². The molecule has 2 rings (SSSR count). The van der Waals surface area contributed by atoms with Gasteiger partial charge in [0.15, 0.2) is 11.5 Å². The molecule has 1 heterocycles. The van der Waals surface area contributed by atoms with Gasteiger partial charge in [0.1, 0.15) is 0 Å². The molecule has 0 aliphatic carbocycles. The first-order chi connectivity index (χ1) is 11.0. The van der Waals surface area contributed by atoms with Crippen LogP contribution >= 0.6 is 11.6 Å². The zero-order valence-corrected chi connectivity index (χ0v) is 13.4. The summed E-state index contributed by atoms with van der Waals surface area (Å²) < 4.78 is 10.1. The van der Waals surface area contributed by atoms with Crippen LogP contribution in [0.1, 0.15) is 18.5 Å². The van der Waals surface area contributed by atoms with Crippen LogP contribution in [-0.4, -0.2) is 36.7 Å². The summed E-state index contributed by atoms with van der Waals surface area (Å²) in [6.45, 7) is 2.14. The number of hydrogen-bond acceptors (Lipinski definition) is 5. The van der Waals surface area contributed by atoms with Crippen molar-refractivity contribution in [2.45, 2.75) is 13.0 Å². The lowest BCUT2D eigenvalue weighted by molar-refractivity contribution is -0.136. The van der Waals surface area contributed by atoms with E-state index in [4.69, 9.17) is 21.1 Å². The zero-order valence-electron chi connectivity index (χ0n) is 12.7. The molecule has 2 amide bonds. The van der Waals surface area contributed by atoms with Crippen molar-refractivity contribution >= 4 is 23.6 Å². The summed E-state index contributed by atoms with van der Waals surface area (Å²) >= 11 is 5.83. The first-order valence-electron chi connectivity index (χ1n) is 6.92. The Bertz CT molecular complexity index is 659. The van der Waals surface area contributed by atoms with Crippen LogP contribution in [0.15, 0.2) is 29.5 Å². The molecule has 7 nitrogen and oxygen atoms in total. The molecule has 1 aromatic rings. The van der Waals surface area contributed by atoms with Crippen molar-refractivity contribution in [2.24, 2.45) is 0 Å². The van der Waals surface area contributed by atoms with Gasteiger partial charge in [-0.15, -0.1) is 11.6 Å². The maximum Gasteiger partial charge on any atom is 0.338 e. The molecule has 1 atom stereocenters. The summed E-state index contributed by atoms with van der Waals surface area (Å²) in [6.07, 6.45) is 0. The van der Waals surface area contributed by atoms with E-state index in [2.05, 4.69) is 10.6 Å². The number of carbonyl (C=O) groups is 2. The van der Waals surface area contributed by atoms with Gasteiger partial charge < -0.3 is 25.2 Å². The number of halogens is 1. The van der Waals surface area contributed by atoms with Gasteiger partial charge in [-0.2, -0.15) is 0 Å². The van der Waals surface area contributed by atoms with Gasteiger partial charge in [-0.05, 0) is 24.6 Å². The zero-order chi connectivity index (χ0) is 17.0. The number of carbonyl (C=O) groups excluding carboxylic acids is 2. The predicted octanol–water partition coefficient (Wildman–Crippen LogP) is 1.81. The molecule has 1 aromatic carbocycles. The van der Waals surface area contributed by atoms with E-state index in [0.717, 1.165) is 0 Å². The Morgan fingerprint density at radius 2 is 2.17 bits per heavy atom. The van der Waals surface area contributed by atoms with Crippen LogP contribution in [0.3, 0.4) is 0 Å². The van der Waals surface area contributed by atoms with E-state index in [0.29, 0.717) is 12.2 Å². The van der Waals surface area contributed by atoms with Gasteiger partial charge in [0.05, 0.1) is 31.2 Å². The number of phenolic OH excluding ortho intramolecular Hbond substituents is 1. The van der Waals surface area contributed by atoms with E-state index in [-0.39, 0.29) is 28.6 Å². The number of esters is 1. The molecule has 0 fully saturated rings. The fourth-order valence-corrected chi connectivity index (χ4v) is 2.52. The maximum atomic E-state index is 12.1. The minimum atomic E-state index is -0.759. The SMILES string of the molecule is CCOc1cc([C@@H]2NC(=O)NC(CCl)=C2C(=O)OC)ccc1O. The van der Waals surface area contributed by atoms with Crippen LogP contribution in [0, 0.1) is 0 Å². The van der Waals surface area contributed by atoms with Crippen molar-refractivity contribution in [1.29, 1.82) is 0 Å². The molecular formula is C15H17ClN2O5. The topological polar surface area (TPSA) is 96.9 Å². The van der Waals surface area contributed by atoms with E-state index >= 15 is 0 Å². The van der Waals surface area contributed by atoms with Gasteiger partial charge in [-0.3, -0.25) is 0 Å². The van der Waals surface area contributed by atoms with Crippen molar-refractivity contribution < 1.29 is 24.2 Å². The number of rotatable bonds is 5. The maximum absolute atomic E-state index is 12.1. The lowest BCUT2D eigenvalue weighted by Gasteiger charge is -2.28. The molecule has 124 valence electrons. The number of methoxy groups -OCH3 is 1. The van der Waals surface area contributed by atoms with Crippen molar-refractivity contribution in [2.75, 3.05) is 19.6 Å². The van der Waals surface area contributed by atoms with Gasteiger partial charge in [0.2, 0.25) is 0 Å². The van der Waals surface area contributed by atoms with Gasteiger partial charge in [0.25, 0.3) is 0 Å². The highest BCUT2D eigenvalue weighted by molar-refractivity contribution is 6.20. The molecule has 1 aliphatic heterocycles. The summed E-state index contributed by atoms with van der Waals surface area (Å²) in [6, 6.07) is 3.34. The highest BCUT2D eigenvalue weighted by atomic mass is 35.5. The van der Waals surface area contributed by atoms with Gasteiger partial charge in [0, 0.05) is 5.70 Å². The molecule has 0 spiro atoms. The minimum Gasteiger partial charge on any atom is -0.504 e. The monoisotopic (exact) mass is 340 g/mol. The number of amides is 2. The van der Waals surface area contributed by atoms with Crippen LogP contribution < -0.4 is 15.4 Å². The standard InChI is InChI=1S/C15H17ClN2O5/c1-3-23-11-6-8(4-5-10(11)19)13-12(14(20)22-2)9(7-16)17-15(21)18-13/h4-6,13,19H,3,7H2,1-2H3,(H2,17,18,21)/t13-/m0/s1. The largest absolute Gasteiger partial charge is 0.504 e. The Kier molecular flexibility index (Phi) is 5.33. The quantitative estimate of drug-likeness (QED) is 0.561. The Hall–Kier alpha value is -2.41. The number of ether oxygens (including phenoxy) is 2. The molecule has 0 saturated carbocycles. The Morgan fingerprint density at radius 1 is 1.43 bits per heavy atom. The molecular weight excluding hydrogens is 324 g/mol. The molecule has 0 aromatic heterocycles. The number of urea groups is 1. The summed E-state index contributed by atoms with van der Waals surface area (Å²) in [7, 11) is 1.25. The minimum absolute atomic E-state index is 0.0305. The van der Waals surface area contributed by atoms with Gasteiger partial charge in [-0.25, -0.2) is 9.59 Å². The molecule has 0 radical (unpaired) electrons. The first kappa shape index (κ1) is 17.0. The molecule has 23 heavy (non-hydrogen) atoms. The number of nitrogens with one attached hydrogen (secondary N) is 2. The third-order valence-corrected chi connectivity index (χ3v) is 3.58. The summed E-state index contributed by atoms with van der Waals surface area (Å²) in [4.78, 5) is 23.9. The third-order valence-electron chi connectivity index (χ3n) is 3.31. The van der Waals surface area contributed by atoms with Crippen molar-refractivity contribution in [3.8, 4) is 11.5 Å². The van der Waals surface area contributed by atoms with Gasteiger partial charge >= 0.3 is 12.0 Å². The molecule has 3 N–H and O–H groups in total. The van der Waals surface area contributed by atoms with E-state index in [1.165, 1.54) is 13.2 Å². The van der Waals surface area contributed by atoms with E-state index in [1.54, 1.807) is 19.1 Å². The Morgan fingerprint density at radius 3 is 2.78 bits per heavy atom. The second kappa shape index (κ2) is 7.23. The molecule has 0 unspecified atom stereocenters. The second-order valence-corrected chi connectivity index (χ2v) is 4.98. The number of hydrogen-bond donors (Lipinski definition) is 3. The molecule has 0 bridgehead atoms. The Balaban J connectivity index is 2.52. The number of aromatic hydroxyl groups is 1. The molecule has 1 aliphatic rings. The van der Waals surface area contributed by atoms with Crippen LogP contribution in [-0.2, 0) is 9.53 Å². The van der Waals surface area contributed by atoms with Crippen LogP contribution in [0.4, 0.5) is 4.79 Å². The number of alkyl halides is 1. The van der Waals surface area contributed by atoms with Crippen LogP contribution in [0.2, 0.25) is 0 Å². The first-order valence-corrected chi connectivity index (χ1v) is 7.45. The predicted molar refractivity (Wildman–Crippen MR) is 83.4 cm³/mol. The Labute approximate surface area is 138 Å². The van der Waals surface area contributed by atoms with Crippen molar-refractivity contribution in [3.63, 3.8) is 0 Å². The average molecular weight is 341 g/mol. The van der Waals surface area contributed by atoms with Crippen molar-refractivity contribution in [1.82, 2.24) is 10.6 Å². The second-order valence-electron chi connectivity index (χ2n) is 4.71. The highest BCUT2D eigenvalue weighted by Crippen LogP contribution is 2.34. The summed E-state index contributed by atoms with van der Waals surface area (Å²) in [5, 5.41) is 14.9.